The fraction of sp³-hybridized carbons (Fsp3) is 0. The maximum Gasteiger partial charge on any atom is 0.219 e. The molecule has 0 atom stereocenters. The summed E-state index contributed by atoms with van der Waals surface area (Å²) in [5.74, 6) is 0. The van der Waals surface area contributed by atoms with Crippen molar-refractivity contribution in [2.24, 2.45) is 0 Å². The minimum Gasteiger partial charge on any atom is -0.298 e. The van der Waals surface area contributed by atoms with Crippen LogP contribution in [0.4, 0.5) is 0 Å². The molecule has 2 heterocycles. The molecule has 0 aliphatic heterocycles. The molecule has 0 bridgehead atoms. The van der Waals surface area contributed by atoms with Gasteiger partial charge < -0.3 is 0 Å². The third-order valence-electron chi connectivity index (χ3n) is 4.50. The first-order chi connectivity index (χ1) is 13.2. The monoisotopic (exact) mass is 354 g/mol. The fourth-order valence-corrected chi connectivity index (χ4v) is 3.07. The molecule has 0 unspecified atom stereocenters. The molecule has 0 amide bonds. The molecule has 0 spiro atoms. The van der Waals surface area contributed by atoms with Crippen molar-refractivity contribution in [3.05, 3.63) is 78.0 Å². The van der Waals surface area contributed by atoms with Gasteiger partial charge in [-0.2, -0.15) is 0 Å². The van der Waals surface area contributed by atoms with Crippen molar-refractivity contribution in [1.29, 1.82) is 0 Å². The molecule has 4 aromatic rings. The Morgan fingerprint density at radius 2 is 1.33 bits per heavy atom. The highest BCUT2D eigenvalue weighted by Crippen LogP contribution is 2.32. The zero-order valence-electron chi connectivity index (χ0n) is 14.2. The number of carbonyl (C=O) groups excluding carboxylic acids is 3. The van der Waals surface area contributed by atoms with Gasteiger partial charge in [-0.3, -0.25) is 19.0 Å². The Bertz CT molecular complexity index is 1160. The van der Waals surface area contributed by atoms with Crippen LogP contribution < -0.4 is 0 Å². The van der Waals surface area contributed by atoms with E-state index < -0.39 is 0 Å². The van der Waals surface area contributed by atoms with Gasteiger partial charge in [0, 0.05) is 28.3 Å². The van der Waals surface area contributed by atoms with Gasteiger partial charge in [0.05, 0.1) is 5.69 Å². The molecule has 0 N–H and O–H groups in total. The van der Waals surface area contributed by atoms with Gasteiger partial charge in [0.25, 0.3) is 0 Å². The number of hydrogen-bond donors (Lipinski definition) is 0. The standard InChI is InChI=1S/C22H14N2O3/c25-12-15-1-5-17(6-2-15)20-11-21(18-7-3-16(13-26)4-8-18)23-22-19(20)9-10-24(22)14-27/h1-14H. The van der Waals surface area contributed by atoms with E-state index in [1.807, 2.05) is 36.4 Å². The van der Waals surface area contributed by atoms with E-state index in [9.17, 15) is 14.4 Å². The van der Waals surface area contributed by atoms with Crippen molar-refractivity contribution in [2.45, 2.75) is 0 Å². The van der Waals surface area contributed by atoms with Crippen LogP contribution in [0.15, 0.2) is 66.9 Å². The molecule has 130 valence electrons. The number of rotatable bonds is 5. The summed E-state index contributed by atoms with van der Waals surface area (Å²) in [6.07, 6.45) is 3.98. The van der Waals surface area contributed by atoms with Gasteiger partial charge in [-0.15, -0.1) is 0 Å². The topological polar surface area (TPSA) is 69.0 Å². The molecule has 0 aliphatic carbocycles. The highest BCUT2D eigenvalue weighted by molar-refractivity contribution is 5.98. The maximum absolute atomic E-state index is 11.4. The van der Waals surface area contributed by atoms with Crippen molar-refractivity contribution < 1.29 is 14.4 Å². The van der Waals surface area contributed by atoms with Gasteiger partial charge in [0.15, 0.2) is 0 Å². The second-order valence-electron chi connectivity index (χ2n) is 6.10. The highest BCUT2D eigenvalue weighted by Gasteiger charge is 2.13. The largest absolute Gasteiger partial charge is 0.298 e. The number of hydrogen-bond acceptors (Lipinski definition) is 4. The van der Waals surface area contributed by atoms with Crippen molar-refractivity contribution in [3.8, 4) is 22.4 Å². The van der Waals surface area contributed by atoms with Gasteiger partial charge in [0.2, 0.25) is 6.41 Å². The normalized spacial score (nSPS) is 10.7. The summed E-state index contributed by atoms with van der Waals surface area (Å²) in [5, 5.41) is 0.842. The number of fused-ring (bicyclic) bond motifs is 1. The van der Waals surface area contributed by atoms with Crippen LogP contribution in [-0.2, 0) is 4.79 Å². The predicted octanol–water partition coefficient (Wildman–Crippen LogP) is 4.03. The first kappa shape index (κ1) is 16.6. The van der Waals surface area contributed by atoms with Crippen molar-refractivity contribution in [1.82, 2.24) is 9.55 Å². The first-order valence-electron chi connectivity index (χ1n) is 8.31. The second kappa shape index (κ2) is 6.80. The van der Waals surface area contributed by atoms with E-state index in [1.165, 1.54) is 4.57 Å². The van der Waals surface area contributed by atoms with Crippen molar-refractivity contribution in [3.63, 3.8) is 0 Å². The summed E-state index contributed by atoms with van der Waals surface area (Å²) in [6, 6.07) is 18.1. The van der Waals surface area contributed by atoms with Crippen LogP contribution in [0.5, 0.6) is 0 Å². The molecular weight excluding hydrogens is 340 g/mol. The maximum atomic E-state index is 11.4. The lowest BCUT2D eigenvalue weighted by Crippen LogP contribution is -1.96. The third-order valence-corrected chi connectivity index (χ3v) is 4.50. The molecule has 27 heavy (non-hydrogen) atoms. The molecule has 2 aromatic carbocycles. The first-order valence-corrected chi connectivity index (χ1v) is 8.31. The van der Waals surface area contributed by atoms with E-state index >= 15 is 0 Å². The number of aldehydes is 2. The third kappa shape index (κ3) is 2.95. The van der Waals surface area contributed by atoms with Crippen LogP contribution >= 0.6 is 0 Å². The molecule has 5 nitrogen and oxygen atoms in total. The predicted molar refractivity (Wildman–Crippen MR) is 104 cm³/mol. The minimum absolute atomic E-state index is 0.552. The lowest BCUT2D eigenvalue weighted by molar-refractivity contribution is 0.111. The van der Waals surface area contributed by atoms with E-state index in [1.54, 1.807) is 30.5 Å². The Balaban J connectivity index is 1.95. The van der Waals surface area contributed by atoms with Crippen LogP contribution in [0.3, 0.4) is 0 Å². The molecule has 2 aromatic heterocycles. The number of benzene rings is 2. The van der Waals surface area contributed by atoms with Crippen LogP contribution in [0, 0.1) is 0 Å². The highest BCUT2D eigenvalue weighted by atomic mass is 16.1. The number of carbonyl (C=O) groups is 3. The average Bonchev–Trinajstić information content (AvgIpc) is 3.16. The number of nitrogens with zero attached hydrogens (tertiary/aromatic N) is 2. The Hall–Kier alpha value is -3.86. The molecule has 0 saturated heterocycles. The van der Waals surface area contributed by atoms with E-state index in [0.29, 0.717) is 28.9 Å². The van der Waals surface area contributed by atoms with E-state index in [2.05, 4.69) is 4.98 Å². The molecule has 5 heteroatoms. The van der Waals surface area contributed by atoms with Gasteiger partial charge in [0.1, 0.15) is 18.2 Å². The van der Waals surface area contributed by atoms with Crippen LogP contribution in [-0.4, -0.2) is 28.5 Å². The summed E-state index contributed by atoms with van der Waals surface area (Å²) >= 11 is 0. The van der Waals surface area contributed by atoms with E-state index in [0.717, 1.165) is 34.6 Å². The molecule has 4 rings (SSSR count). The minimum atomic E-state index is 0.552. The van der Waals surface area contributed by atoms with Crippen LogP contribution in [0.25, 0.3) is 33.4 Å². The Morgan fingerprint density at radius 3 is 1.89 bits per heavy atom. The smallest absolute Gasteiger partial charge is 0.219 e. The van der Waals surface area contributed by atoms with E-state index in [4.69, 9.17) is 0 Å². The molecule has 0 fully saturated rings. The van der Waals surface area contributed by atoms with Gasteiger partial charge in [-0.25, -0.2) is 4.98 Å². The second-order valence-corrected chi connectivity index (χ2v) is 6.10. The average molecular weight is 354 g/mol. The van der Waals surface area contributed by atoms with Gasteiger partial charge >= 0.3 is 0 Å². The number of pyridine rings is 1. The summed E-state index contributed by atoms with van der Waals surface area (Å²) in [4.78, 5) is 37.8. The fourth-order valence-electron chi connectivity index (χ4n) is 3.07. The molecular formula is C22H14N2O3. The quantitative estimate of drug-likeness (QED) is 0.507. The summed E-state index contributed by atoms with van der Waals surface area (Å²) in [5.41, 5.74) is 5.09. The summed E-state index contributed by atoms with van der Waals surface area (Å²) < 4.78 is 1.43. The lowest BCUT2D eigenvalue weighted by Gasteiger charge is -2.09. The van der Waals surface area contributed by atoms with Crippen LogP contribution in [0.2, 0.25) is 0 Å². The summed E-state index contributed by atoms with van der Waals surface area (Å²) in [7, 11) is 0. The van der Waals surface area contributed by atoms with E-state index in [-0.39, 0.29) is 0 Å². The van der Waals surface area contributed by atoms with Gasteiger partial charge in [-0.1, -0.05) is 48.5 Å². The number of aromatic nitrogens is 2. The molecule has 0 saturated carbocycles. The zero-order valence-corrected chi connectivity index (χ0v) is 14.2. The zero-order chi connectivity index (χ0) is 18.8. The van der Waals surface area contributed by atoms with Crippen molar-refractivity contribution >= 4 is 30.0 Å². The molecule has 0 radical (unpaired) electrons. The SMILES string of the molecule is O=Cc1ccc(-c2cc(-c3ccc(C=O)cc3)c3ccn(C=O)c3n2)cc1. The van der Waals surface area contributed by atoms with Gasteiger partial charge in [-0.05, 0) is 23.3 Å². The Morgan fingerprint density at radius 1 is 0.741 bits per heavy atom. The summed E-state index contributed by atoms with van der Waals surface area (Å²) in [6.45, 7) is 0. The van der Waals surface area contributed by atoms with Crippen LogP contribution in [0.1, 0.15) is 20.7 Å². The Labute approximate surface area is 154 Å². The lowest BCUT2D eigenvalue weighted by atomic mass is 9.99. The molecule has 0 aliphatic rings. The Kier molecular flexibility index (Phi) is 4.18. The van der Waals surface area contributed by atoms with Crippen molar-refractivity contribution in [2.75, 3.05) is 0 Å².